The van der Waals surface area contributed by atoms with Gasteiger partial charge in [-0.05, 0) is 299 Å². The molecule has 3 aliphatic rings. The Bertz CT molecular complexity index is 6300. The second-order valence-corrected chi connectivity index (χ2v) is 38.5. The first-order valence-corrected chi connectivity index (χ1v) is 50.6. The topological polar surface area (TPSA) is 46.8 Å². The zero-order valence-corrected chi connectivity index (χ0v) is 79.4. The van der Waals surface area contributed by atoms with Gasteiger partial charge in [-0.25, -0.2) is 0 Å². The van der Waals surface area contributed by atoms with Crippen LogP contribution in [0.4, 0.5) is 0 Å². The third-order valence-corrected chi connectivity index (χ3v) is 29.9. The SMILES string of the molecule is CCCCCCCCC1(CCCCCCCC)c2ccccc2-c2ccc(-c3ccc4c(c3)C(c3ccc(OCCOCC)cc3)(c3ccc(OCCOCC)cc3)c3cc(-c5ccc6c(c5)C(CCCCCCCC)(CCCCCCCC)c5cc(-c7ccc8c(c7)c7cc(C)ccc7n8-c7ccc(-n8c9ccc(C)cc9c9cc(C)ccc98)cc7)ccc5-6)ccc3-4)cc21. The zero-order chi connectivity index (χ0) is 89.1. The molecule has 0 radical (unpaired) electrons. The first kappa shape index (κ1) is 89.6. The Hall–Kier alpha value is -11.0. The van der Waals surface area contributed by atoms with Crippen molar-refractivity contribution in [2.24, 2.45) is 0 Å². The van der Waals surface area contributed by atoms with Crippen LogP contribution in [0.25, 0.3) is 122 Å². The number of aromatic nitrogens is 2. The van der Waals surface area contributed by atoms with E-state index in [1.165, 1.54) is 333 Å². The van der Waals surface area contributed by atoms with E-state index in [9.17, 15) is 0 Å². The molecule has 0 bridgehead atoms. The summed E-state index contributed by atoms with van der Waals surface area (Å²) in [5, 5.41) is 5.15. The Morgan fingerprint density at radius 1 is 0.238 bits per heavy atom. The van der Waals surface area contributed by atoms with Gasteiger partial charge >= 0.3 is 0 Å². The predicted octanol–water partition coefficient (Wildman–Crippen LogP) is 34.5. The maximum atomic E-state index is 6.52. The molecule has 0 fully saturated rings. The molecule has 0 atom stereocenters. The van der Waals surface area contributed by atoms with Crippen molar-refractivity contribution >= 4 is 43.6 Å². The number of rotatable bonds is 45. The van der Waals surface area contributed by atoms with E-state index in [2.05, 4.69) is 318 Å². The molecular formula is C124H138N2O4. The van der Waals surface area contributed by atoms with Crippen LogP contribution < -0.4 is 9.47 Å². The van der Waals surface area contributed by atoms with Gasteiger partial charge in [-0.1, -0.05) is 332 Å². The van der Waals surface area contributed by atoms with Crippen LogP contribution >= 0.6 is 0 Å². The number of aryl methyl sites for hydroxylation is 3. The number of hydrogen-bond donors (Lipinski definition) is 0. The van der Waals surface area contributed by atoms with E-state index in [0.29, 0.717) is 39.6 Å². The van der Waals surface area contributed by atoms with E-state index in [-0.39, 0.29) is 10.8 Å². The molecule has 13 aromatic carbocycles. The fourth-order valence-electron chi connectivity index (χ4n) is 23.3. The maximum Gasteiger partial charge on any atom is 0.119 e. The molecule has 0 spiro atoms. The third-order valence-electron chi connectivity index (χ3n) is 29.9. The van der Waals surface area contributed by atoms with Crippen LogP contribution in [0.5, 0.6) is 11.5 Å². The first-order valence-electron chi connectivity index (χ1n) is 50.6. The summed E-state index contributed by atoms with van der Waals surface area (Å²) < 4.78 is 29.7. The van der Waals surface area contributed by atoms with E-state index in [0.717, 1.165) is 35.7 Å². The predicted molar refractivity (Wildman–Crippen MR) is 551 cm³/mol. The summed E-state index contributed by atoms with van der Waals surface area (Å²) in [7, 11) is 0. The van der Waals surface area contributed by atoms with Gasteiger partial charge in [0.1, 0.15) is 24.7 Å². The summed E-state index contributed by atoms with van der Waals surface area (Å²) in [6.07, 6.45) is 35.1. The van der Waals surface area contributed by atoms with Crippen LogP contribution in [-0.2, 0) is 25.7 Å². The van der Waals surface area contributed by atoms with Gasteiger partial charge in [0.05, 0.1) is 40.7 Å². The average molecular weight is 1720 g/mol. The summed E-state index contributed by atoms with van der Waals surface area (Å²) in [6.45, 7) is 23.4. The molecule has 0 N–H and O–H groups in total. The minimum Gasteiger partial charge on any atom is -0.491 e. The number of unbranched alkanes of at least 4 members (excludes halogenated alkanes) is 20. The van der Waals surface area contributed by atoms with E-state index >= 15 is 0 Å². The molecule has 6 heteroatoms. The Balaban J connectivity index is 0.764. The normalized spacial score (nSPS) is 13.6. The zero-order valence-electron chi connectivity index (χ0n) is 79.4. The van der Waals surface area contributed by atoms with Gasteiger partial charge in [-0.2, -0.15) is 0 Å². The fraction of sp³-hybridized carbons (Fsp3) is 0.371. The molecule has 0 amide bonds. The van der Waals surface area contributed by atoms with Crippen LogP contribution in [-0.4, -0.2) is 48.8 Å². The third kappa shape index (κ3) is 17.6. The smallest absolute Gasteiger partial charge is 0.119 e. The molecule has 0 unspecified atom stereocenters. The molecule has 2 heterocycles. The number of nitrogens with zero attached hydrogens (tertiary/aromatic N) is 2. The van der Waals surface area contributed by atoms with Crippen LogP contribution in [0.3, 0.4) is 0 Å². The maximum absolute atomic E-state index is 6.52. The lowest BCUT2D eigenvalue weighted by atomic mass is 9.67. The van der Waals surface area contributed by atoms with Crippen molar-refractivity contribution in [3.8, 4) is 89.6 Å². The molecule has 668 valence electrons. The lowest BCUT2D eigenvalue weighted by Gasteiger charge is -2.35. The van der Waals surface area contributed by atoms with Crippen molar-refractivity contribution in [1.82, 2.24) is 9.13 Å². The minimum atomic E-state index is -0.782. The molecule has 0 saturated carbocycles. The van der Waals surface area contributed by atoms with Crippen molar-refractivity contribution in [3.05, 3.63) is 322 Å². The Kier molecular flexibility index (Phi) is 28.1. The van der Waals surface area contributed by atoms with Gasteiger partial charge in [0.15, 0.2) is 0 Å². The highest BCUT2D eigenvalue weighted by Crippen LogP contribution is 2.62. The molecule has 3 aliphatic carbocycles. The average Bonchev–Trinajstić information content (AvgIpc) is 1.53. The minimum absolute atomic E-state index is 0.0538. The van der Waals surface area contributed by atoms with Crippen LogP contribution in [0.1, 0.15) is 283 Å². The highest BCUT2D eigenvalue weighted by atomic mass is 16.5. The second kappa shape index (κ2) is 40.8. The highest BCUT2D eigenvalue weighted by molar-refractivity contribution is 6.12. The van der Waals surface area contributed by atoms with Crippen LogP contribution in [0.2, 0.25) is 0 Å². The largest absolute Gasteiger partial charge is 0.491 e. The molecule has 18 rings (SSSR count). The van der Waals surface area contributed by atoms with Crippen LogP contribution in [0.15, 0.2) is 261 Å². The van der Waals surface area contributed by atoms with Crippen LogP contribution in [0, 0.1) is 20.8 Å². The Morgan fingerprint density at radius 3 is 0.877 bits per heavy atom. The van der Waals surface area contributed by atoms with Crippen molar-refractivity contribution in [3.63, 3.8) is 0 Å². The molecule has 0 aliphatic heterocycles. The Labute approximate surface area is 776 Å². The van der Waals surface area contributed by atoms with Gasteiger partial charge in [-0.15, -0.1) is 0 Å². The summed E-state index contributed by atoms with van der Waals surface area (Å²) in [6, 6.07) is 103. The van der Waals surface area contributed by atoms with Gasteiger partial charge < -0.3 is 28.1 Å². The second-order valence-electron chi connectivity index (χ2n) is 38.5. The number of ether oxygens (including phenoxy) is 4. The molecule has 15 aromatic rings. The fourth-order valence-corrected chi connectivity index (χ4v) is 23.3. The molecule has 6 nitrogen and oxygen atoms in total. The van der Waals surface area contributed by atoms with Gasteiger partial charge in [-0.3, -0.25) is 0 Å². The van der Waals surface area contributed by atoms with Crippen molar-refractivity contribution in [1.29, 1.82) is 0 Å². The van der Waals surface area contributed by atoms with Crippen molar-refractivity contribution in [2.75, 3.05) is 39.6 Å². The first-order chi connectivity index (χ1) is 63.9. The van der Waals surface area contributed by atoms with E-state index < -0.39 is 5.41 Å². The van der Waals surface area contributed by atoms with E-state index in [4.69, 9.17) is 18.9 Å². The number of benzene rings is 13. The summed E-state index contributed by atoms with van der Waals surface area (Å²) >= 11 is 0. The van der Waals surface area contributed by atoms with Gasteiger partial charge in [0, 0.05) is 57.0 Å². The number of hydrogen-bond acceptors (Lipinski definition) is 4. The van der Waals surface area contributed by atoms with E-state index in [1.807, 2.05) is 13.8 Å². The Morgan fingerprint density at radius 2 is 0.523 bits per heavy atom. The summed E-state index contributed by atoms with van der Waals surface area (Å²) in [4.78, 5) is 0. The van der Waals surface area contributed by atoms with Crippen molar-refractivity contribution in [2.45, 2.75) is 258 Å². The number of fused-ring (bicyclic) bond motifs is 15. The lowest BCUT2D eigenvalue weighted by molar-refractivity contribution is 0.110. The quantitative estimate of drug-likeness (QED) is 0.0357. The van der Waals surface area contributed by atoms with Crippen molar-refractivity contribution < 1.29 is 18.9 Å². The highest BCUT2D eigenvalue weighted by Gasteiger charge is 2.49. The van der Waals surface area contributed by atoms with E-state index in [1.54, 1.807) is 5.56 Å². The monoisotopic (exact) mass is 1720 g/mol. The lowest BCUT2D eigenvalue weighted by Crippen LogP contribution is -2.28. The summed E-state index contributed by atoms with van der Waals surface area (Å²) in [5.41, 5.74) is 36.7. The van der Waals surface area contributed by atoms with Gasteiger partial charge in [0.2, 0.25) is 0 Å². The molecule has 0 saturated heterocycles. The summed E-state index contributed by atoms with van der Waals surface area (Å²) in [5.74, 6) is 1.66. The molecule has 130 heavy (non-hydrogen) atoms. The standard InChI is InChI=1S/C124H138N2O4/c1-10-16-20-24-28-34-70-122(71-35-29-25-21-17-11-2)112-39-33-32-38-102(112)103-61-44-92(83-113(103)122)94-46-64-106-107-65-47-95(86-117(107)124(116(106)85-94,96-49-57-100(58-50-96)129-76-74-127-14-5)97-51-59-101(60-52-97)130-77-75-128-15-6)93-45-63-105-104-62-43-91(82-114(104)123(115(105)84-93,72-36-30-26-22-18-12-3)73-37-31-27-23-19-13-4)90-48-69-121-111(81-90)110-80-89(9)42-68-120(110)126(121)99-55-53-98(54-56-99)125-118-66-40-87(7)78-108(118)109-79-88(8)41-67-119(109)125/h32-33,38-69,78-86H,10-31,34-37,70-77H2,1-9H3. The molecular weight excluding hydrogens is 1580 g/mol. The molecule has 2 aromatic heterocycles. The van der Waals surface area contributed by atoms with Gasteiger partial charge in [0.25, 0.3) is 0 Å².